The molecule has 1 aliphatic rings. The molecule has 118 valence electrons. The van der Waals surface area contributed by atoms with Crippen LogP contribution in [0.5, 0.6) is 0 Å². The van der Waals surface area contributed by atoms with Gasteiger partial charge < -0.3 is 0 Å². The van der Waals surface area contributed by atoms with Crippen LogP contribution in [-0.4, -0.2) is 9.97 Å². The van der Waals surface area contributed by atoms with Crippen LogP contribution >= 0.6 is 11.3 Å². The molecule has 0 radical (unpaired) electrons. The van der Waals surface area contributed by atoms with Crippen LogP contribution < -0.4 is 0 Å². The summed E-state index contributed by atoms with van der Waals surface area (Å²) >= 11 is 1.80. The van der Waals surface area contributed by atoms with Gasteiger partial charge in [0, 0.05) is 38.3 Å². The molecule has 0 aliphatic heterocycles. The summed E-state index contributed by atoms with van der Waals surface area (Å²) in [7, 11) is 0. The molecule has 0 amide bonds. The van der Waals surface area contributed by atoms with Gasteiger partial charge in [-0.2, -0.15) is 0 Å². The topological polar surface area (TPSA) is 25.8 Å². The van der Waals surface area contributed by atoms with Crippen molar-refractivity contribution in [2.75, 3.05) is 0 Å². The molecular weight excluding hydrogens is 312 g/mol. The minimum Gasteiger partial charge on any atom is -0.256 e. The van der Waals surface area contributed by atoms with E-state index in [4.69, 9.17) is 9.97 Å². The zero-order chi connectivity index (χ0) is 16.6. The minimum absolute atomic E-state index is 0.0379. The van der Waals surface area contributed by atoms with Gasteiger partial charge in [0.1, 0.15) is 4.83 Å². The van der Waals surface area contributed by atoms with Crippen molar-refractivity contribution >= 4 is 31.6 Å². The first kappa shape index (κ1) is 14.1. The van der Waals surface area contributed by atoms with Crippen molar-refractivity contribution in [3.63, 3.8) is 0 Å². The Morgan fingerprint density at radius 2 is 1.88 bits per heavy atom. The van der Waals surface area contributed by atoms with Gasteiger partial charge in [-0.25, -0.2) is 4.98 Å². The number of pyridine rings is 2. The SMILES string of the molecule is Cc1cc(C)c2c(n1)sc1ccc3c(c12)C(C)(C)c1cccnc1-3. The van der Waals surface area contributed by atoms with E-state index in [2.05, 4.69) is 52.0 Å². The van der Waals surface area contributed by atoms with Gasteiger partial charge in [-0.05, 0) is 48.7 Å². The fourth-order valence-electron chi connectivity index (χ4n) is 4.31. The maximum atomic E-state index is 4.80. The highest BCUT2D eigenvalue weighted by Crippen LogP contribution is 2.53. The number of benzene rings is 1. The molecule has 3 aromatic heterocycles. The fourth-order valence-corrected chi connectivity index (χ4v) is 5.51. The molecule has 0 atom stereocenters. The molecule has 4 aromatic rings. The van der Waals surface area contributed by atoms with Crippen molar-refractivity contribution in [3.05, 3.63) is 58.9 Å². The Kier molecular flexibility index (Phi) is 2.60. The van der Waals surface area contributed by atoms with Crippen LogP contribution in [0.4, 0.5) is 0 Å². The highest BCUT2D eigenvalue weighted by atomic mass is 32.1. The standard InChI is InChI=1S/C21H18N2S/c1-11-10-12(2)23-20-16(11)17-15(24-20)8-7-13-18(17)21(3,4)14-6-5-9-22-19(13)14/h5-10H,1-4H3. The van der Waals surface area contributed by atoms with E-state index in [1.807, 2.05) is 12.3 Å². The second kappa shape index (κ2) is 4.42. The summed E-state index contributed by atoms with van der Waals surface area (Å²) in [5, 5.41) is 2.69. The summed E-state index contributed by atoms with van der Waals surface area (Å²) in [6, 6.07) is 11.0. The number of hydrogen-bond donors (Lipinski definition) is 0. The van der Waals surface area contributed by atoms with Crippen LogP contribution in [0.3, 0.4) is 0 Å². The van der Waals surface area contributed by atoms with E-state index in [0.29, 0.717) is 0 Å². The van der Waals surface area contributed by atoms with Gasteiger partial charge in [0.05, 0.1) is 5.69 Å². The van der Waals surface area contributed by atoms with Crippen molar-refractivity contribution < 1.29 is 0 Å². The van der Waals surface area contributed by atoms with Crippen molar-refractivity contribution in [3.8, 4) is 11.3 Å². The van der Waals surface area contributed by atoms with E-state index in [1.54, 1.807) is 11.3 Å². The molecule has 0 saturated carbocycles. The van der Waals surface area contributed by atoms with Crippen LogP contribution in [0.15, 0.2) is 36.5 Å². The summed E-state index contributed by atoms with van der Waals surface area (Å²) in [4.78, 5) is 10.6. The van der Waals surface area contributed by atoms with Crippen LogP contribution in [0.1, 0.15) is 36.2 Å². The molecule has 1 aliphatic carbocycles. The molecule has 0 unspecified atom stereocenters. The largest absolute Gasteiger partial charge is 0.256 e. The van der Waals surface area contributed by atoms with E-state index in [1.165, 1.54) is 37.7 Å². The van der Waals surface area contributed by atoms with E-state index < -0.39 is 0 Å². The Labute approximate surface area is 145 Å². The van der Waals surface area contributed by atoms with Crippen molar-refractivity contribution in [1.82, 2.24) is 9.97 Å². The maximum Gasteiger partial charge on any atom is 0.125 e. The van der Waals surface area contributed by atoms with Crippen molar-refractivity contribution in [2.24, 2.45) is 0 Å². The van der Waals surface area contributed by atoms with Gasteiger partial charge in [-0.1, -0.05) is 26.0 Å². The lowest BCUT2D eigenvalue weighted by Gasteiger charge is -2.22. The first-order valence-electron chi connectivity index (χ1n) is 8.28. The van der Waals surface area contributed by atoms with Crippen LogP contribution in [0, 0.1) is 13.8 Å². The second-order valence-corrected chi connectivity index (χ2v) is 8.28. The third kappa shape index (κ3) is 1.60. The Hall–Kier alpha value is -2.26. The smallest absolute Gasteiger partial charge is 0.125 e. The molecule has 3 heterocycles. The minimum atomic E-state index is -0.0379. The number of aromatic nitrogens is 2. The zero-order valence-corrected chi connectivity index (χ0v) is 15.1. The molecule has 5 rings (SSSR count). The second-order valence-electron chi connectivity index (χ2n) is 7.25. The van der Waals surface area contributed by atoms with E-state index in [-0.39, 0.29) is 5.41 Å². The van der Waals surface area contributed by atoms with E-state index >= 15 is 0 Å². The predicted molar refractivity (Wildman–Crippen MR) is 102 cm³/mol. The third-order valence-electron chi connectivity index (χ3n) is 5.30. The van der Waals surface area contributed by atoms with Crippen LogP contribution in [0.25, 0.3) is 31.6 Å². The quantitative estimate of drug-likeness (QED) is 0.409. The van der Waals surface area contributed by atoms with Gasteiger partial charge in [-0.15, -0.1) is 11.3 Å². The lowest BCUT2D eigenvalue weighted by molar-refractivity contribution is 0.665. The summed E-state index contributed by atoms with van der Waals surface area (Å²) in [6.45, 7) is 8.92. The van der Waals surface area contributed by atoms with E-state index in [9.17, 15) is 0 Å². The van der Waals surface area contributed by atoms with Gasteiger partial charge >= 0.3 is 0 Å². The average Bonchev–Trinajstić information content (AvgIpc) is 3.01. The predicted octanol–water partition coefficient (Wildman–Crippen LogP) is 5.77. The summed E-state index contributed by atoms with van der Waals surface area (Å²) < 4.78 is 1.32. The highest BCUT2D eigenvalue weighted by molar-refractivity contribution is 7.25. The number of thiophene rings is 1. The molecular formula is C21H18N2S. The Morgan fingerprint density at radius 1 is 1.04 bits per heavy atom. The number of nitrogens with zero attached hydrogens (tertiary/aromatic N) is 2. The lowest BCUT2D eigenvalue weighted by atomic mass is 9.80. The number of aryl methyl sites for hydroxylation is 2. The Balaban J connectivity index is 2.03. The third-order valence-corrected chi connectivity index (χ3v) is 6.35. The van der Waals surface area contributed by atoms with Gasteiger partial charge in [0.25, 0.3) is 0 Å². The van der Waals surface area contributed by atoms with Gasteiger partial charge in [0.2, 0.25) is 0 Å². The molecule has 1 aromatic carbocycles. The molecule has 0 bridgehead atoms. The van der Waals surface area contributed by atoms with Crippen LogP contribution in [0.2, 0.25) is 0 Å². The Bertz CT molecular complexity index is 1150. The molecule has 0 fully saturated rings. The van der Waals surface area contributed by atoms with E-state index in [0.717, 1.165) is 16.2 Å². The normalized spacial score (nSPS) is 15.0. The van der Waals surface area contributed by atoms with Crippen molar-refractivity contribution in [2.45, 2.75) is 33.1 Å². The highest BCUT2D eigenvalue weighted by Gasteiger charge is 2.38. The molecule has 3 heteroatoms. The van der Waals surface area contributed by atoms with Gasteiger partial charge in [0.15, 0.2) is 0 Å². The number of rotatable bonds is 0. The summed E-state index contributed by atoms with van der Waals surface area (Å²) in [5.41, 5.74) is 7.52. The summed E-state index contributed by atoms with van der Waals surface area (Å²) in [5.74, 6) is 0. The zero-order valence-electron chi connectivity index (χ0n) is 14.3. The first-order valence-corrected chi connectivity index (χ1v) is 9.10. The van der Waals surface area contributed by atoms with Crippen LogP contribution in [-0.2, 0) is 5.41 Å². The molecule has 2 nitrogen and oxygen atoms in total. The monoisotopic (exact) mass is 330 g/mol. The number of fused-ring (bicyclic) bond motifs is 7. The first-order chi connectivity index (χ1) is 11.5. The molecule has 0 N–H and O–H groups in total. The number of hydrogen-bond acceptors (Lipinski definition) is 3. The molecule has 0 saturated heterocycles. The Morgan fingerprint density at radius 3 is 2.71 bits per heavy atom. The van der Waals surface area contributed by atoms with Gasteiger partial charge in [-0.3, -0.25) is 4.98 Å². The average molecular weight is 330 g/mol. The molecule has 24 heavy (non-hydrogen) atoms. The van der Waals surface area contributed by atoms with Crippen molar-refractivity contribution in [1.29, 1.82) is 0 Å². The summed E-state index contributed by atoms with van der Waals surface area (Å²) in [6.07, 6.45) is 1.90. The lowest BCUT2D eigenvalue weighted by Crippen LogP contribution is -2.15. The maximum absolute atomic E-state index is 4.80. The molecule has 0 spiro atoms. The fraction of sp³-hybridized carbons (Fsp3) is 0.238.